The number of rotatable bonds is 7. The molecule has 124 valence electrons. The van der Waals surface area contributed by atoms with Crippen molar-refractivity contribution in [3.63, 3.8) is 0 Å². The second-order valence-electron chi connectivity index (χ2n) is 7.53. The van der Waals surface area contributed by atoms with Gasteiger partial charge in [0.1, 0.15) is 0 Å². The molecule has 0 radical (unpaired) electrons. The first kappa shape index (κ1) is 17.2. The zero-order valence-electron chi connectivity index (χ0n) is 14.4. The largest absolute Gasteiger partial charge is 0.379 e. The second kappa shape index (κ2) is 9.12. The van der Waals surface area contributed by atoms with Crippen molar-refractivity contribution in [3.05, 3.63) is 0 Å². The molecule has 2 aliphatic rings. The van der Waals surface area contributed by atoms with Crippen LogP contribution in [0.25, 0.3) is 0 Å². The molecule has 2 unspecified atom stereocenters. The van der Waals surface area contributed by atoms with Crippen molar-refractivity contribution in [3.8, 4) is 0 Å². The average molecular weight is 296 g/mol. The molecule has 1 aliphatic carbocycles. The van der Waals surface area contributed by atoms with E-state index in [9.17, 15) is 0 Å². The Hall–Kier alpha value is -0.120. The molecule has 0 spiro atoms. The summed E-state index contributed by atoms with van der Waals surface area (Å²) in [5, 5.41) is 3.87. The highest BCUT2D eigenvalue weighted by atomic mass is 16.5. The zero-order valence-corrected chi connectivity index (χ0v) is 14.4. The Labute approximate surface area is 131 Å². The fourth-order valence-electron chi connectivity index (χ4n) is 3.97. The van der Waals surface area contributed by atoms with Crippen molar-refractivity contribution >= 4 is 0 Å². The summed E-state index contributed by atoms with van der Waals surface area (Å²) in [4.78, 5) is 2.64. The lowest BCUT2D eigenvalue weighted by atomic mass is 9.84. The van der Waals surface area contributed by atoms with E-state index in [1.54, 1.807) is 0 Å². The molecular formula is C18H36N2O. The van der Waals surface area contributed by atoms with E-state index in [4.69, 9.17) is 4.74 Å². The molecule has 0 bridgehead atoms. The highest BCUT2D eigenvalue weighted by Crippen LogP contribution is 2.26. The predicted molar refractivity (Wildman–Crippen MR) is 89.7 cm³/mol. The molecule has 1 N–H and O–H groups in total. The van der Waals surface area contributed by atoms with Crippen LogP contribution < -0.4 is 5.32 Å². The van der Waals surface area contributed by atoms with E-state index in [0.717, 1.165) is 44.7 Å². The van der Waals surface area contributed by atoms with Gasteiger partial charge in [-0.3, -0.25) is 4.90 Å². The summed E-state index contributed by atoms with van der Waals surface area (Å²) in [6.07, 6.45) is 8.49. The Balaban J connectivity index is 1.79. The Bertz CT molecular complexity index is 270. The first-order valence-corrected chi connectivity index (χ1v) is 9.22. The van der Waals surface area contributed by atoms with E-state index in [0.29, 0.717) is 12.1 Å². The Kier molecular flexibility index (Phi) is 7.48. The van der Waals surface area contributed by atoms with E-state index in [1.165, 1.54) is 38.5 Å². The van der Waals surface area contributed by atoms with Crippen molar-refractivity contribution in [1.82, 2.24) is 10.2 Å². The van der Waals surface area contributed by atoms with Crippen LogP contribution in [0.15, 0.2) is 0 Å². The summed E-state index contributed by atoms with van der Waals surface area (Å²) in [7, 11) is 0. The number of ether oxygens (including phenoxy) is 1. The van der Waals surface area contributed by atoms with Gasteiger partial charge < -0.3 is 10.1 Å². The quantitative estimate of drug-likeness (QED) is 0.780. The van der Waals surface area contributed by atoms with Gasteiger partial charge in [0.2, 0.25) is 0 Å². The van der Waals surface area contributed by atoms with Crippen LogP contribution in [0.2, 0.25) is 0 Å². The Morgan fingerprint density at radius 3 is 2.33 bits per heavy atom. The number of hydrogen-bond acceptors (Lipinski definition) is 3. The topological polar surface area (TPSA) is 24.5 Å². The van der Waals surface area contributed by atoms with Crippen LogP contribution in [0.3, 0.4) is 0 Å². The normalized spacial score (nSPS) is 25.1. The van der Waals surface area contributed by atoms with E-state index in [1.807, 2.05) is 0 Å². The minimum absolute atomic E-state index is 0.681. The lowest BCUT2D eigenvalue weighted by Gasteiger charge is -2.37. The van der Waals surface area contributed by atoms with Gasteiger partial charge in [-0.05, 0) is 38.0 Å². The summed E-state index contributed by atoms with van der Waals surface area (Å²) >= 11 is 0. The summed E-state index contributed by atoms with van der Waals surface area (Å²) < 4.78 is 5.51. The highest BCUT2D eigenvalue weighted by Gasteiger charge is 2.24. The van der Waals surface area contributed by atoms with Crippen molar-refractivity contribution < 1.29 is 4.74 Å². The predicted octanol–water partition coefficient (Wildman–Crippen LogP) is 3.29. The summed E-state index contributed by atoms with van der Waals surface area (Å²) in [5.74, 6) is 1.67. The summed E-state index contributed by atoms with van der Waals surface area (Å²) in [6.45, 7) is 12.3. The zero-order chi connectivity index (χ0) is 15.1. The van der Waals surface area contributed by atoms with Crippen molar-refractivity contribution in [2.45, 2.75) is 71.4 Å². The smallest absolute Gasteiger partial charge is 0.0594 e. The third kappa shape index (κ3) is 5.88. The third-order valence-electron chi connectivity index (χ3n) is 5.34. The molecule has 0 amide bonds. The molecule has 21 heavy (non-hydrogen) atoms. The first-order valence-electron chi connectivity index (χ1n) is 9.22. The van der Waals surface area contributed by atoms with E-state index >= 15 is 0 Å². The van der Waals surface area contributed by atoms with Gasteiger partial charge in [0.25, 0.3) is 0 Å². The molecule has 2 fully saturated rings. The molecule has 3 heteroatoms. The number of nitrogens with one attached hydrogen (secondary N) is 1. The van der Waals surface area contributed by atoms with Gasteiger partial charge in [0, 0.05) is 31.7 Å². The molecule has 2 rings (SSSR count). The number of nitrogens with zero attached hydrogens (tertiary/aromatic N) is 1. The molecule has 1 heterocycles. The fourth-order valence-corrected chi connectivity index (χ4v) is 3.97. The average Bonchev–Trinajstić information content (AvgIpc) is 2.52. The summed E-state index contributed by atoms with van der Waals surface area (Å²) in [5.41, 5.74) is 0. The molecular weight excluding hydrogens is 260 g/mol. The van der Waals surface area contributed by atoms with Crippen molar-refractivity contribution in [1.29, 1.82) is 0 Å². The first-order chi connectivity index (χ1) is 10.2. The molecule has 0 aromatic heterocycles. The molecule has 0 aromatic rings. The molecule has 1 saturated carbocycles. The van der Waals surface area contributed by atoms with Crippen LogP contribution >= 0.6 is 0 Å². The monoisotopic (exact) mass is 296 g/mol. The maximum Gasteiger partial charge on any atom is 0.0594 e. The lowest BCUT2D eigenvalue weighted by molar-refractivity contribution is 0.0114. The van der Waals surface area contributed by atoms with Gasteiger partial charge in [0.05, 0.1) is 13.2 Å². The molecule has 0 aromatic carbocycles. The van der Waals surface area contributed by atoms with Gasteiger partial charge in [-0.2, -0.15) is 0 Å². The number of hydrogen-bond donors (Lipinski definition) is 1. The maximum absolute atomic E-state index is 5.51. The third-order valence-corrected chi connectivity index (χ3v) is 5.34. The van der Waals surface area contributed by atoms with Crippen LogP contribution in [0.5, 0.6) is 0 Å². The SMILES string of the molecule is CC(C)CC(CNC(C)C1CCCCC1)N1CCOCC1. The Morgan fingerprint density at radius 2 is 1.71 bits per heavy atom. The minimum atomic E-state index is 0.681. The Morgan fingerprint density at radius 1 is 1.05 bits per heavy atom. The van der Waals surface area contributed by atoms with Gasteiger partial charge in [-0.25, -0.2) is 0 Å². The molecule has 1 aliphatic heterocycles. The highest BCUT2D eigenvalue weighted by molar-refractivity contribution is 4.81. The van der Waals surface area contributed by atoms with Gasteiger partial charge in [0.15, 0.2) is 0 Å². The van der Waals surface area contributed by atoms with Gasteiger partial charge in [-0.15, -0.1) is 0 Å². The molecule has 3 nitrogen and oxygen atoms in total. The van der Waals surface area contributed by atoms with Crippen LogP contribution in [0.4, 0.5) is 0 Å². The number of morpholine rings is 1. The van der Waals surface area contributed by atoms with Crippen molar-refractivity contribution in [2.24, 2.45) is 11.8 Å². The van der Waals surface area contributed by atoms with Crippen LogP contribution in [-0.4, -0.2) is 49.8 Å². The van der Waals surface area contributed by atoms with E-state index in [2.05, 4.69) is 31.0 Å². The maximum atomic E-state index is 5.51. The van der Waals surface area contributed by atoms with Gasteiger partial charge >= 0.3 is 0 Å². The van der Waals surface area contributed by atoms with Crippen LogP contribution in [0.1, 0.15) is 59.3 Å². The molecule has 1 saturated heterocycles. The lowest BCUT2D eigenvalue weighted by Crippen LogP contribution is -2.50. The standard InChI is InChI=1S/C18H36N2O/c1-15(2)13-18(20-9-11-21-12-10-20)14-19-16(3)17-7-5-4-6-8-17/h15-19H,4-14H2,1-3H3. The second-order valence-corrected chi connectivity index (χ2v) is 7.53. The minimum Gasteiger partial charge on any atom is -0.379 e. The van der Waals surface area contributed by atoms with Crippen molar-refractivity contribution in [2.75, 3.05) is 32.8 Å². The summed E-state index contributed by atoms with van der Waals surface area (Å²) in [6, 6.07) is 1.36. The van der Waals surface area contributed by atoms with E-state index in [-0.39, 0.29) is 0 Å². The fraction of sp³-hybridized carbons (Fsp3) is 1.00. The van der Waals surface area contributed by atoms with Crippen LogP contribution in [-0.2, 0) is 4.74 Å². The van der Waals surface area contributed by atoms with Crippen LogP contribution in [0, 0.1) is 11.8 Å². The molecule has 2 atom stereocenters. The van der Waals surface area contributed by atoms with E-state index < -0.39 is 0 Å². The van der Waals surface area contributed by atoms with Gasteiger partial charge in [-0.1, -0.05) is 33.1 Å².